The number of guanidine groups is 1. The number of hydrogen-bond donors (Lipinski definition) is 1. The zero-order valence-corrected chi connectivity index (χ0v) is 16.8. The van der Waals surface area contributed by atoms with Crippen LogP contribution in [0.25, 0.3) is 0 Å². The third-order valence-electron chi connectivity index (χ3n) is 3.38. The average Bonchev–Trinajstić information content (AvgIpc) is 2.55. The summed E-state index contributed by atoms with van der Waals surface area (Å²) in [5.41, 5.74) is 5.72. The van der Waals surface area contributed by atoms with Crippen LogP contribution in [0.15, 0.2) is 34.2 Å². The summed E-state index contributed by atoms with van der Waals surface area (Å²) in [5, 5.41) is 10.6. The van der Waals surface area contributed by atoms with Crippen molar-refractivity contribution in [1.29, 1.82) is 0 Å². The van der Waals surface area contributed by atoms with E-state index in [4.69, 9.17) is 5.73 Å². The molecule has 11 heteroatoms. The number of sulfone groups is 1. The van der Waals surface area contributed by atoms with E-state index in [1.165, 1.54) is 24.3 Å². The van der Waals surface area contributed by atoms with Crippen molar-refractivity contribution in [3.8, 4) is 0 Å². The van der Waals surface area contributed by atoms with E-state index in [2.05, 4.69) is 4.99 Å². The van der Waals surface area contributed by atoms with Crippen LogP contribution < -0.4 is 5.73 Å². The largest absolute Gasteiger partial charge is 0.370 e. The maximum Gasteiger partial charge on any atom is 0.269 e. The van der Waals surface area contributed by atoms with Crippen LogP contribution in [0.4, 0.5) is 5.69 Å². The van der Waals surface area contributed by atoms with Gasteiger partial charge in [0.1, 0.15) is 0 Å². The van der Waals surface area contributed by atoms with Gasteiger partial charge in [-0.25, -0.2) is 8.42 Å². The summed E-state index contributed by atoms with van der Waals surface area (Å²) in [6.45, 7) is 1.69. The molecule has 0 radical (unpaired) electrons. The highest BCUT2D eigenvalue weighted by Gasteiger charge is 2.17. The predicted octanol–water partition coefficient (Wildman–Crippen LogP) is 1.35. The SMILES string of the molecule is I.NC(=NCCS(=O)(=O)c1ccc([N+](=O)[O-])cc1)N1CCSCC1. The van der Waals surface area contributed by atoms with Crippen molar-refractivity contribution in [3.05, 3.63) is 34.4 Å². The number of benzene rings is 1. The standard InChI is InChI=1S/C13H18N4O4S2.HI/c14-13(16-6-8-22-9-7-16)15-5-10-23(20,21)12-3-1-11(2-4-12)17(18)19;/h1-4H,5-10H2,(H2,14,15);1H. The highest BCUT2D eigenvalue weighted by molar-refractivity contribution is 14.0. The van der Waals surface area contributed by atoms with Crippen molar-refractivity contribution < 1.29 is 13.3 Å². The van der Waals surface area contributed by atoms with E-state index >= 15 is 0 Å². The number of hydrogen-bond acceptors (Lipinski definition) is 6. The van der Waals surface area contributed by atoms with Gasteiger partial charge in [0.25, 0.3) is 5.69 Å². The fourth-order valence-corrected chi connectivity index (χ4v) is 4.09. The van der Waals surface area contributed by atoms with Gasteiger partial charge in [0.15, 0.2) is 15.8 Å². The summed E-state index contributed by atoms with van der Waals surface area (Å²) in [5.74, 6) is 2.15. The van der Waals surface area contributed by atoms with Crippen LogP contribution in [0, 0.1) is 10.1 Å². The molecule has 1 saturated heterocycles. The molecule has 1 heterocycles. The van der Waals surface area contributed by atoms with Gasteiger partial charge in [-0.1, -0.05) is 0 Å². The minimum Gasteiger partial charge on any atom is -0.370 e. The van der Waals surface area contributed by atoms with Gasteiger partial charge in [-0.3, -0.25) is 15.1 Å². The third kappa shape index (κ3) is 5.77. The van der Waals surface area contributed by atoms with Crippen LogP contribution in [0.5, 0.6) is 0 Å². The van der Waals surface area contributed by atoms with Gasteiger partial charge >= 0.3 is 0 Å². The molecule has 1 aliphatic heterocycles. The Balaban J connectivity index is 0.00000288. The molecule has 1 fully saturated rings. The molecule has 0 amide bonds. The molecule has 0 aliphatic carbocycles. The molecule has 2 rings (SSSR count). The smallest absolute Gasteiger partial charge is 0.269 e. The Labute approximate surface area is 162 Å². The zero-order valence-electron chi connectivity index (χ0n) is 12.8. The lowest BCUT2D eigenvalue weighted by Gasteiger charge is -2.27. The van der Waals surface area contributed by atoms with Gasteiger partial charge in [-0.05, 0) is 12.1 Å². The molecule has 0 unspecified atom stereocenters. The molecule has 0 saturated carbocycles. The van der Waals surface area contributed by atoms with Crippen LogP contribution in [-0.2, 0) is 9.84 Å². The molecule has 8 nitrogen and oxygen atoms in total. The van der Waals surface area contributed by atoms with E-state index in [-0.39, 0.29) is 46.9 Å². The summed E-state index contributed by atoms with van der Waals surface area (Å²) in [6.07, 6.45) is 0. The first-order valence-corrected chi connectivity index (χ1v) is 9.81. The van der Waals surface area contributed by atoms with Crippen molar-refractivity contribution in [2.24, 2.45) is 10.7 Å². The summed E-state index contributed by atoms with van der Waals surface area (Å²) in [7, 11) is -3.54. The van der Waals surface area contributed by atoms with E-state index in [1.54, 1.807) is 0 Å². The highest BCUT2D eigenvalue weighted by Crippen LogP contribution is 2.17. The first-order chi connectivity index (χ1) is 10.9. The predicted molar refractivity (Wildman–Crippen MR) is 106 cm³/mol. The average molecular weight is 486 g/mol. The van der Waals surface area contributed by atoms with Crippen molar-refractivity contribution in [3.63, 3.8) is 0 Å². The molecular weight excluding hydrogens is 467 g/mol. The molecule has 134 valence electrons. The highest BCUT2D eigenvalue weighted by atomic mass is 127. The number of rotatable bonds is 5. The minimum atomic E-state index is -3.54. The Morgan fingerprint density at radius 3 is 2.42 bits per heavy atom. The van der Waals surface area contributed by atoms with E-state index < -0.39 is 14.8 Å². The number of non-ortho nitro benzene ring substituents is 1. The topological polar surface area (TPSA) is 119 Å². The minimum absolute atomic E-state index is 0. The normalized spacial score (nSPS) is 15.7. The quantitative estimate of drug-likeness (QED) is 0.219. The van der Waals surface area contributed by atoms with Crippen molar-refractivity contribution in [1.82, 2.24) is 4.90 Å². The van der Waals surface area contributed by atoms with E-state index in [9.17, 15) is 18.5 Å². The second-order valence-corrected chi connectivity index (χ2v) is 8.24. The van der Waals surface area contributed by atoms with Crippen LogP contribution in [0.2, 0.25) is 0 Å². The molecule has 0 atom stereocenters. The first kappa shape index (κ1) is 21.0. The molecule has 2 N–H and O–H groups in total. The Morgan fingerprint density at radius 2 is 1.88 bits per heavy atom. The summed E-state index contributed by atoms with van der Waals surface area (Å²) >= 11 is 1.85. The third-order valence-corrected chi connectivity index (χ3v) is 6.03. The van der Waals surface area contributed by atoms with Gasteiger partial charge in [0.2, 0.25) is 0 Å². The molecular formula is C13H19IN4O4S2. The van der Waals surface area contributed by atoms with Gasteiger partial charge in [0, 0.05) is 36.7 Å². The Hall–Kier alpha value is -1.08. The Bertz CT molecular complexity index is 688. The van der Waals surface area contributed by atoms with E-state index in [0.717, 1.165) is 24.6 Å². The maximum absolute atomic E-state index is 12.2. The fourth-order valence-electron chi connectivity index (χ4n) is 2.07. The summed E-state index contributed by atoms with van der Waals surface area (Å²) < 4.78 is 24.3. The molecule has 0 aromatic heterocycles. The van der Waals surface area contributed by atoms with Crippen LogP contribution >= 0.6 is 35.7 Å². The van der Waals surface area contributed by atoms with E-state index in [1.807, 2.05) is 16.7 Å². The zero-order chi connectivity index (χ0) is 16.9. The fraction of sp³-hybridized carbons (Fsp3) is 0.462. The van der Waals surface area contributed by atoms with Gasteiger partial charge in [-0.15, -0.1) is 24.0 Å². The van der Waals surface area contributed by atoms with Gasteiger partial charge in [0.05, 0.1) is 22.1 Å². The van der Waals surface area contributed by atoms with Gasteiger partial charge < -0.3 is 10.6 Å². The van der Waals surface area contributed by atoms with Crippen LogP contribution in [0.3, 0.4) is 0 Å². The van der Waals surface area contributed by atoms with Crippen molar-refractivity contribution in [2.75, 3.05) is 36.9 Å². The van der Waals surface area contributed by atoms with Crippen LogP contribution in [-0.4, -0.2) is 61.1 Å². The number of nitrogens with two attached hydrogens (primary N) is 1. The molecule has 0 bridgehead atoms. The van der Waals surface area contributed by atoms with Crippen molar-refractivity contribution in [2.45, 2.75) is 4.90 Å². The van der Waals surface area contributed by atoms with Crippen LogP contribution in [0.1, 0.15) is 0 Å². The summed E-state index contributed by atoms with van der Waals surface area (Å²) in [4.78, 5) is 16.1. The monoisotopic (exact) mass is 486 g/mol. The second-order valence-electron chi connectivity index (χ2n) is 4.91. The molecule has 1 aliphatic rings. The second kappa shape index (κ2) is 9.42. The lowest BCUT2D eigenvalue weighted by Crippen LogP contribution is -2.42. The molecule has 0 spiro atoms. The molecule has 24 heavy (non-hydrogen) atoms. The number of aliphatic imine (C=N–C) groups is 1. The molecule has 1 aromatic rings. The van der Waals surface area contributed by atoms with E-state index in [0.29, 0.717) is 5.96 Å². The lowest BCUT2D eigenvalue weighted by atomic mass is 10.3. The number of nitrogens with zero attached hydrogens (tertiary/aromatic N) is 3. The lowest BCUT2D eigenvalue weighted by molar-refractivity contribution is -0.384. The molecule has 1 aromatic carbocycles. The van der Waals surface area contributed by atoms with Gasteiger partial charge in [-0.2, -0.15) is 11.8 Å². The number of thioether (sulfide) groups is 1. The number of nitro groups is 1. The first-order valence-electron chi connectivity index (χ1n) is 7.00. The number of nitro benzene ring substituents is 1. The Kier molecular flexibility index (Phi) is 8.22. The Morgan fingerprint density at radius 1 is 1.29 bits per heavy atom. The summed E-state index contributed by atoms with van der Waals surface area (Å²) in [6, 6.07) is 4.83. The van der Waals surface area contributed by atoms with Crippen molar-refractivity contribution >= 4 is 57.2 Å². The maximum atomic E-state index is 12.2. The number of halogens is 1.